The zero-order chi connectivity index (χ0) is 24.8. The molecule has 1 unspecified atom stereocenters. The molecule has 1 heterocycles. The van der Waals surface area contributed by atoms with Crippen LogP contribution in [0.15, 0.2) is 71.9 Å². The normalized spacial score (nSPS) is 11.5. The first-order chi connectivity index (χ1) is 17.1. The summed E-state index contributed by atoms with van der Waals surface area (Å²) in [7, 11) is 4.56. The van der Waals surface area contributed by atoms with Gasteiger partial charge in [0.2, 0.25) is 5.75 Å². The number of rotatable bonds is 9. The lowest BCUT2D eigenvalue weighted by Crippen LogP contribution is -2.08. The van der Waals surface area contributed by atoms with E-state index < -0.39 is 11.1 Å². The number of hydrogen-bond donors (Lipinski definition) is 0. The van der Waals surface area contributed by atoms with Gasteiger partial charge in [0.1, 0.15) is 11.1 Å². The van der Waals surface area contributed by atoms with Crippen molar-refractivity contribution < 1.29 is 18.6 Å². The number of hydrogen-bond acceptors (Lipinski definition) is 7. The van der Waals surface area contributed by atoms with Gasteiger partial charge < -0.3 is 14.2 Å². The summed E-state index contributed by atoms with van der Waals surface area (Å²) >= 11 is 1.23. The number of para-hydroxylation sites is 1. The molecule has 0 radical (unpaired) electrons. The van der Waals surface area contributed by atoms with Gasteiger partial charge in [0.25, 0.3) is 0 Å². The topological polar surface area (TPSA) is 82.2 Å². The smallest absolute Gasteiger partial charge is 0.203 e. The van der Waals surface area contributed by atoms with E-state index in [2.05, 4.69) is 16.3 Å². The van der Waals surface area contributed by atoms with E-state index in [4.69, 9.17) is 14.2 Å². The van der Waals surface area contributed by atoms with Gasteiger partial charge in [0.15, 0.2) is 22.5 Å². The number of halogens is 1. The van der Waals surface area contributed by atoms with Crippen molar-refractivity contribution in [1.29, 1.82) is 5.26 Å². The Bertz CT molecular complexity index is 1330. The highest BCUT2D eigenvalue weighted by Crippen LogP contribution is 2.42. The molecule has 3 aromatic carbocycles. The van der Waals surface area contributed by atoms with Gasteiger partial charge in [-0.25, -0.2) is 4.39 Å². The maximum Gasteiger partial charge on any atom is 0.203 e. The highest BCUT2D eigenvalue weighted by Gasteiger charge is 2.24. The van der Waals surface area contributed by atoms with Gasteiger partial charge in [-0.2, -0.15) is 5.26 Å². The summed E-state index contributed by atoms with van der Waals surface area (Å²) in [6.07, 6.45) is 0.506. The van der Waals surface area contributed by atoms with Crippen LogP contribution in [0.25, 0.3) is 17.1 Å². The lowest BCUT2D eigenvalue weighted by atomic mass is 10.1. The van der Waals surface area contributed by atoms with Gasteiger partial charge in [-0.05, 0) is 36.2 Å². The number of nitrogens with zero attached hydrogens (tertiary/aromatic N) is 4. The average Bonchev–Trinajstić information content (AvgIpc) is 3.31. The molecule has 0 aliphatic heterocycles. The number of aromatic nitrogens is 3. The number of benzene rings is 3. The first-order valence-electron chi connectivity index (χ1n) is 10.7. The van der Waals surface area contributed by atoms with Crippen LogP contribution in [0.2, 0.25) is 0 Å². The molecule has 35 heavy (non-hydrogen) atoms. The highest BCUT2D eigenvalue weighted by molar-refractivity contribution is 8.00. The lowest BCUT2D eigenvalue weighted by molar-refractivity contribution is 0.324. The van der Waals surface area contributed by atoms with Crippen LogP contribution in [0, 0.1) is 17.1 Å². The first-order valence-corrected chi connectivity index (χ1v) is 11.6. The van der Waals surface area contributed by atoms with Crippen LogP contribution in [-0.4, -0.2) is 41.3 Å². The van der Waals surface area contributed by atoms with Crippen molar-refractivity contribution >= 4 is 11.8 Å². The average molecular weight is 491 g/mol. The van der Waals surface area contributed by atoms with Gasteiger partial charge >= 0.3 is 0 Å². The number of methoxy groups -OCH3 is 3. The molecule has 1 aromatic heterocycles. The second kappa shape index (κ2) is 10.9. The molecular formula is C26H23FN4O3S. The van der Waals surface area contributed by atoms with Crippen molar-refractivity contribution in [2.24, 2.45) is 0 Å². The van der Waals surface area contributed by atoms with Crippen molar-refractivity contribution in [3.05, 3.63) is 78.1 Å². The summed E-state index contributed by atoms with van der Waals surface area (Å²) in [5.74, 6) is 1.21. The Hall–Kier alpha value is -4.03. The van der Waals surface area contributed by atoms with E-state index in [1.165, 1.54) is 39.2 Å². The van der Waals surface area contributed by atoms with Crippen LogP contribution >= 0.6 is 11.8 Å². The Balaban J connectivity index is 1.83. The van der Waals surface area contributed by atoms with Crippen molar-refractivity contribution in [2.75, 3.05) is 21.3 Å². The molecule has 0 aliphatic carbocycles. The van der Waals surface area contributed by atoms with Gasteiger partial charge in [-0.3, -0.25) is 4.57 Å². The van der Waals surface area contributed by atoms with Gasteiger partial charge in [0.05, 0.1) is 33.1 Å². The van der Waals surface area contributed by atoms with Crippen molar-refractivity contribution in [3.63, 3.8) is 0 Å². The summed E-state index contributed by atoms with van der Waals surface area (Å²) in [5, 5.41) is 18.5. The molecule has 0 amide bonds. The molecule has 0 saturated heterocycles. The zero-order valence-corrected chi connectivity index (χ0v) is 20.3. The molecule has 0 spiro atoms. The molecule has 0 bridgehead atoms. The Morgan fingerprint density at radius 2 is 1.60 bits per heavy atom. The highest BCUT2D eigenvalue weighted by atomic mass is 32.2. The lowest BCUT2D eigenvalue weighted by Gasteiger charge is -2.16. The number of thioether (sulfide) groups is 1. The summed E-state index contributed by atoms with van der Waals surface area (Å²) in [6.45, 7) is 0. The number of nitriles is 1. The van der Waals surface area contributed by atoms with Crippen molar-refractivity contribution in [3.8, 4) is 40.4 Å². The van der Waals surface area contributed by atoms with E-state index in [-0.39, 0.29) is 5.69 Å². The Morgan fingerprint density at radius 1 is 0.943 bits per heavy atom. The molecule has 0 N–H and O–H groups in total. The minimum atomic E-state index is -0.458. The summed E-state index contributed by atoms with van der Waals surface area (Å²) in [6, 6.07) is 21.9. The minimum Gasteiger partial charge on any atom is -0.493 e. The van der Waals surface area contributed by atoms with Crippen LogP contribution in [0.1, 0.15) is 5.56 Å². The molecule has 9 heteroatoms. The second-order valence-corrected chi connectivity index (χ2v) is 8.60. The molecule has 1 atom stereocenters. The van der Waals surface area contributed by atoms with Gasteiger partial charge in [-0.1, -0.05) is 54.2 Å². The fraction of sp³-hybridized carbons (Fsp3) is 0.192. The fourth-order valence-corrected chi connectivity index (χ4v) is 4.62. The maximum atomic E-state index is 15.0. The third-order valence-electron chi connectivity index (χ3n) is 5.31. The van der Waals surface area contributed by atoms with E-state index >= 15 is 0 Å². The van der Waals surface area contributed by atoms with E-state index in [0.29, 0.717) is 40.2 Å². The first kappa shape index (κ1) is 24.1. The number of ether oxygens (including phenoxy) is 3. The van der Waals surface area contributed by atoms with E-state index in [1.807, 2.05) is 30.3 Å². The van der Waals surface area contributed by atoms with Crippen LogP contribution in [0.5, 0.6) is 17.2 Å². The quantitative estimate of drug-likeness (QED) is 0.294. The third-order valence-corrected chi connectivity index (χ3v) is 6.34. The van der Waals surface area contributed by atoms with Crippen LogP contribution in [-0.2, 0) is 6.42 Å². The summed E-state index contributed by atoms with van der Waals surface area (Å²) < 4.78 is 33.0. The molecule has 0 saturated carbocycles. The van der Waals surface area contributed by atoms with Crippen LogP contribution in [0.3, 0.4) is 0 Å². The summed E-state index contributed by atoms with van der Waals surface area (Å²) in [5.41, 5.74) is 1.87. The third kappa shape index (κ3) is 5.08. The minimum absolute atomic E-state index is 0.264. The van der Waals surface area contributed by atoms with Crippen LogP contribution in [0.4, 0.5) is 4.39 Å². The standard InChI is InChI=1S/C26H23FN4O3S/c1-32-22-14-18(15-23(33-2)24(22)34-3)25-29-30-26(31(25)21-12-8-7-11-20(21)27)35-19(16-28)13-17-9-5-4-6-10-17/h4-12,14-15,19H,13H2,1-3H3. The summed E-state index contributed by atoms with van der Waals surface area (Å²) in [4.78, 5) is 0. The SMILES string of the molecule is COc1cc(-c2nnc(SC(C#N)Cc3ccccc3)n2-c2ccccc2F)cc(OC)c1OC. The Kier molecular flexibility index (Phi) is 7.53. The van der Waals surface area contributed by atoms with E-state index in [0.717, 1.165) is 5.56 Å². The Labute approximate surface area is 207 Å². The molecule has 178 valence electrons. The monoisotopic (exact) mass is 490 g/mol. The van der Waals surface area contributed by atoms with Gasteiger partial charge in [0, 0.05) is 5.56 Å². The Morgan fingerprint density at radius 3 is 2.20 bits per heavy atom. The predicted molar refractivity (Wildman–Crippen MR) is 132 cm³/mol. The fourth-order valence-electron chi connectivity index (χ4n) is 3.66. The maximum absolute atomic E-state index is 15.0. The van der Waals surface area contributed by atoms with Gasteiger partial charge in [-0.15, -0.1) is 10.2 Å². The molecule has 7 nitrogen and oxygen atoms in total. The molecule has 4 rings (SSSR count). The second-order valence-electron chi connectivity index (χ2n) is 7.43. The largest absolute Gasteiger partial charge is 0.493 e. The molecule has 0 fully saturated rings. The van der Waals surface area contributed by atoms with Crippen LogP contribution < -0.4 is 14.2 Å². The molecule has 4 aromatic rings. The van der Waals surface area contributed by atoms with Crippen molar-refractivity contribution in [1.82, 2.24) is 14.8 Å². The molecule has 0 aliphatic rings. The van der Waals surface area contributed by atoms with E-state index in [1.54, 1.807) is 34.9 Å². The predicted octanol–water partition coefficient (Wildman–Crippen LogP) is 5.33. The zero-order valence-electron chi connectivity index (χ0n) is 19.4. The molecular weight excluding hydrogens is 467 g/mol. The van der Waals surface area contributed by atoms with E-state index in [9.17, 15) is 9.65 Å². The van der Waals surface area contributed by atoms with Crippen molar-refractivity contribution in [2.45, 2.75) is 16.8 Å².